The summed E-state index contributed by atoms with van der Waals surface area (Å²) < 4.78 is 5.50. The van der Waals surface area contributed by atoms with Gasteiger partial charge in [-0.1, -0.05) is 30.3 Å². The van der Waals surface area contributed by atoms with E-state index in [1.54, 1.807) is 11.3 Å². The highest BCUT2D eigenvalue weighted by Gasteiger charge is 2.27. The summed E-state index contributed by atoms with van der Waals surface area (Å²) in [6.07, 6.45) is 1.81. The summed E-state index contributed by atoms with van der Waals surface area (Å²) in [7, 11) is 0. The van der Waals surface area contributed by atoms with Gasteiger partial charge in [0.15, 0.2) is 0 Å². The maximum Gasteiger partial charge on any atom is 0.240 e. The van der Waals surface area contributed by atoms with Crippen molar-refractivity contribution in [3.05, 3.63) is 52.0 Å². The molecule has 2 heterocycles. The van der Waals surface area contributed by atoms with Gasteiger partial charge in [0.2, 0.25) is 5.91 Å². The van der Waals surface area contributed by atoms with E-state index in [4.69, 9.17) is 4.74 Å². The highest BCUT2D eigenvalue weighted by Crippen LogP contribution is 2.13. The van der Waals surface area contributed by atoms with Crippen molar-refractivity contribution in [2.45, 2.75) is 38.5 Å². The van der Waals surface area contributed by atoms with E-state index >= 15 is 0 Å². The maximum absolute atomic E-state index is 12.2. The number of aryl methyl sites for hydroxylation is 2. The van der Waals surface area contributed by atoms with Crippen LogP contribution >= 0.6 is 11.3 Å². The number of aromatic nitrogens is 1. The van der Waals surface area contributed by atoms with Crippen LogP contribution < -0.4 is 10.6 Å². The lowest BCUT2D eigenvalue weighted by Crippen LogP contribution is -2.55. The largest absolute Gasteiger partial charge is 0.375 e. The summed E-state index contributed by atoms with van der Waals surface area (Å²) >= 11 is 1.65. The number of thiazole rings is 1. The van der Waals surface area contributed by atoms with Crippen molar-refractivity contribution in [2.75, 3.05) is 13.2 Å². The first-order valence-corrected chi connectivity index (χ1v) is 9.20. The fourth-order valence-electron chi connectivity index (χ4n) is 2.76. The van der Waals surface area contributed by atoms with Crippen molar-refractivity contribution in [3.63, 3.8) is 0 Å². The van der Waals surface area contributed by atoms with Gasteiger partial charge in [-0.15, -0.1) is 11.3 Å². The SMILES string of the molecule is C[C@H]1OCCN[C@@H]1C(=O)NCc1csc(CCc2ccccc2)n1. The molecule has 5 nitrogen and oxygen atoms in total. The smallest absolute Gasteiger partial charge is 0.240 e. The molecule has 1 aromatic carbocycles. The molecule has 0 spiro atoms. The van der Waals surface area contributed by atoms with Gasteiger partial charge in [-0.2, -0.15) is 0 Å². The number of carbonyl (C=O) groups is 1. The molecule has 0 aliphatic carbocycles. The van der Waals surface area contributed by atoms with Gasteiger partial charge in [-0.25, -0.2) is 4.98 Å². The Morgan fingerprint density at radius 2 is 2.21 bits per heavy atom. The van der Waals surface area contributed by atoms with E-state index in [1.165, 1.54) is 5.56 Å². The summed E-state index contributed by atoms with van der Waals surface area (Å²) in [5, 5.41) is 9.27. The molecule has 24 heavy (non-hydrogen) atoms. The van der Waals surface area contributed by atoms with Crippen molar-refractivity contribution in [2.24, 2.45) is 0 Å². The Hall–Kier alpha value is -1.76. The van der Waals surface area contributed by atoms with E-state index in [0.717, 1.165) is 23.5 Å². The van der Waals surface area contributed by atoms with Crippen LogP contribution in [0, 0.1) is 0 Å². The summed E-state index contributed by atoms with van der Waals surface area (Å²) in [4.78, 5) is 16.8. The Kier molecular flexibility index (Phi) is 5.96. The third-order valence-electron chi connectivity index (χ3n) is 4.11. The van der Waals surface area contributed by atoms with Crippen molar-refractivity contribution in [1.29, 1.82) is 0 Å². The summed E-state index contributed by atoms with van der Waals surface area (Å²) in [5.74, 6) is -0.0268. The minimum absolute atomic E-state index is 0.0268. The topological polar surface area (TPSA) is 63.2 Å². The molecule has 3 rings (SSSR count). The van der Waals surface area contributed by atoms with E-state index in [2.05, 4.69) is 39.9 Å². The molecule has 0 radical (unpaired) electrons. The van der Waals surface area contributed by atoms with Crippen molar-refractivity contribution >= 4 is 17.2 Å². The molecule has 1 saturated heterocycles. The average Bonchev–Trinajstić information content (AvgIpc) is 3.07. The average molecular weight is 345 g/mol. The first-order chi connectivity index (χ1) is 11.7. The quantitative estimate of drug-likeness (QED) is 0.840. The molecule has 128 valence electrons. The first kappa shape index (κ1) is 17.1. The zero-order valence-electron chi connectivity index (χ0n) is 13.8. The second-order valence-corrected chi connectivity index (χ2v) is 6.89. The molecule has 1 fully saturated rings. The molecular weight excluding hydrogens is 322 g/mol. The van der Waals surface area contributed by atoms with Crippen LogP contribution in [0.25, 0.3) is 0 Å². The van der Waals surface area contributed by atoms with Gasteiger partial charge in [0.05, 0.1) is 30.0 Å². The van der Waals surface area contributed by atoms with Crippen LogP contribution in [0.3, 0.4) is 0 Å². The fourth-order valence-corrected chi connectivity index (χ4v) is 3.55. The van der Waals surface area contributed by atoms with Gasteiger partial charge in [-0.3, -0.25) is 4.79 Å². The Labute approximate surface area is 146 Å². The molecular formula is C18H23N3O2S. The molecule has 1 aromatic heterocycles. The zero-order valence-corrected chi connectivity index (χ0v) is 14.6. The van der Waals surface area contributed by atoms with E-state index in [9.17, 15) is 4.79 Å². The van der Waals surface area contributed by atoms with Crippen LogP contribution in [-0.4, -0.2) is 36.2 Å². The monoisotopic (exact) mass is 345 g/mol. The van der Waals surface area contributed by atoms with Crippen LogP contribution in [0.4, 0.5) is 0 Å². The molecule has 2 aromatic rings. The third kappa shape index (κ3) is 4.63. The van der Waals surface area contributed by atoms with Crippen molar-refractivity contribution < 1.29 is 9.53 Å². The molecule has 1 aliphatic heterocycles. The number of benzene rings is 1. The number of morpholine rings is 1. The lowest BCUT2D eigenvalue weighted by Gasteiger charge is -2.29. The standard InChI is InChI=1S/C18H23N3O2S/c1-13-17(19-9-10-23-13)18(22)20-11-15-12-24-16(21-15)8-7-14-5-3-2-4-6-14/h2-6,12-13,17,19H,7-11H2,1H3,(H,20,22)/t13-,17+/m1/s1. The van der Waals surface area contributed by atoms with Crippen LogP contribution in [0.1, 0.15) is 23.2 Å². The van der Waals surface area contributed by atoms with Gasteiger partial charge in [0, 0.05) is 18.3 Å². The van der Waals surface area contributed by atoms with E-state index < -0.39 is 0 Å². The van der Waals surface area contributed by atoms with Gasteiger partial charge >= 0.3 is 0 Å². The number of nitrogens with one attached hydrogen (secondary N) is 2. The Morgan fingerprint density at radius 1 is 1.38 bits per heavy atom. The summed E-state index contributed by atoms with van der Waals surface area (Å²) in [5.41, 5.74) is 2.24. The Balaban J connectivity index is 1.46. The van der Waals surface area contributed by atoms with E-state index in [1.807, 2.05) is 18.4 Å². The summed E-state index contributed by atoms with van der Waals surface area (Å²) in [6.45, 7) is 3.75. The van der Waals surface area contributed by atoms with Crippen molar-refractivity contribution in [3.8, 4) is 0 Å². The molecule has 0 bridgehead atoms. The van der Waals surface area contributed by atoms with Gasteiger partial charge in [0.1, 0.15) is 6.04 Å². The molecule has 1 amide bonds. The lowest BCUT2D eigenvalue weighted by molar-refractivity contribution is -0.129. The number of ether oxygens (including phenoxy) is 1. The molecule has 6 heteroatoms. The molecule has 1 aliphatic rings. The van der Waals surface area contributed by atoms with Crippen LogP contribution in [0.2, 0.25) is 0 Å². The number of hydrogen-bond donors (Lipinski definition) is 2. The lowest BCUT2D eigenvalue weighted by atomic mass is 10.1. The second kappa shape index (κ2) is 8.37. The number of rotatable bonds is 6. The second-order valence-electron chi connectivity index (χ2n) is 5.94. The van der Waals surface area contributed by atoms with E-state index in [-0.39, 0.29) is 18.1 Å². The number of carbonyl (C=O) groups excluding carboxylic acids is 1. The molecule has 2 N–H and O–H groups in total. The normalized spacial score (nSPS) is 20.7. The predicted octanol–water partition coefficient (Wildman–Crippen LogP) is 1.92. The van der Waals surface area contributed by atoms with Crippen LogP contribution in [-0.2, 0) is 28.9 Å². The highest BCUT2D eigenvalue weighted by atomic mass is 32.1. The molecule has 0 saturated carbocycles. The highest BCUT2D eigenvalue weighted by molar-refractivity contribution is 7.09. The Bertz CT molecular complexity index is 659. The number of nitrogens with zero attached hydrogens (tertiary/aromatic N) is 1. The predicted molar refractivity (Wildman–Crippen MR) is 95.0 cm³/mol. The van der Waals surface area contributed by atoms with Crippen molar-refractivity contribution in [1.82, 2.24) is 15.6 Å². The van der Waals surface area contributed by atoms with Gasteiger partial charge in [0.25, 0.3) is 0 Å². The minimum atomic E-state index is -0.282. The molecule has 0 unspecified atom stereocenters. The Morgan fingerprint density at radius 3 is 3.00 bits per heavy atom. The molecule has 2 atom stereocenters. The number of amides is 1. The zero-order chi connectivity index (χ0) is 16.8. The number of hydrogen-bond acceptors (Lipinski definition) is 5. The third-order valence-corrected chi connectivity index (χ3v) is 5.07. The summed E-state index contributed by atoms with van der Waals surface area (Å²) in [6, 6.07) is 10.1. The van der Waals surface area contributed by atoms with Gasteiger partial charge in [-0.05, 0) is 18.9 Å². The maximum atomic E-state index is 12.2. The van der Waals surface area contributed by atoms with E-state index in [0.29, 0.717) is 19.7 Å². The fraction of sp³-hybridized carbons (Fsp3) is 0.444. The van der Waals surface area contributed by atoms with Crippen LogP contribution in [0.5, 0.6) is 0 Å². The van der Waals surface area contributed by atoms with Crippen LogP contribution in [0.15, 0.2) is 35.7 Å². The first-order valence-electron chi connectivity index (χ1n) is 8.32. The minimum Gasteiger partial charge on any atom is -0.375 e. The van der Waals surface area contributed by atoms with Gasteiger partial charge < -0.3 is 15.4 Å².